The van der Waals surface area contributed by atoms with Gasteiger partial charge in [0.05, 0.1) is 6.54 Å². The van der Waals surface area contributed by atoms with Crippen molar-refractivity contribution in [2.45, 2.75) is 26.4 Å². The summed E-state index contributed by atoms with van der Waals surface area (Å²) >= 11 is 0. The standard InChI is InChI=1S/C12H16F2N2O/c1-8(2)16-12(17)7-15-6-9-5-10(13)3-4-11(9)14/h3-5,8,15H,6-7H2,1-2H3,(H,16,17). The van der Waals surface area contributed by atoms with E-state index in [0.29, 0.717) is 0 Å². The molecule has 3 nitrogen and oxygen atoms in total. The number of halogens is 2. The van der Waals surface area contributed by atoms with E-state index in [9.17, 15) is 13.6 Å². The fourth-order valence-corrected chi connectivity index (χ4v) is 1.36. The normalized spacial score (nSPS) is 10.6. The molecule has 0 aliphatic rings. The molecular weight excluding hydrogens is 226 g/mol. The van der Waals surface area contributed by atoms with Crippen molar-refractivity contribution < 1.29 is 13.6 Å². The predicted octanol–water partition coefficient (Wildman–Crippen LogP) is 1.58. The second-order valence-corrected chi connectivity index (χ2v) is 4.06. The van der Waals surface area contributed by atoms with E-state index < -0.39 is 11.6 Å². The van der Waals surface area contributed by atoms with Gasteiger partial charge >= 0.3 is 0 Å². The number of hydrogen-bond acceptors (Lipinski definition) is 2. The van der Waals surface area contributed by atoms with Crippen LogP contribution >= 0.6 is 0 Å². The summed E-state index contributed by atoms with van der Waals surface area (Å²) in [4.78, 5) is 11.3. The molecule has 0 saturated carbocycles. The maximum Gasteiger partial charge on any atom is 0.234 e. The van der Waals surface area contributed by atoms with Gasteiger partial charge in [-0.05, 0) is 32.0 Å². The Morgan fingerprint density at radius 3 is 2.71 bits per heavy atom. The van der Waals surface area contributed by atoms with Gasteiger partial charge in [0.2, 0.25) is 5.91 Å². The van der Waals surface area contributed by atoms with Gasteiger partial charge in [-0.1, -0.05) is 0 Å². The molecule has 0 saturated heterocycles. The summed E-state index contributed by atoms with van der Waals surface area (Å²) in [7, 11) is 0. The summed E-state index contributed by atoms with van der Waals surface area (Å²) in [5.41, 5.74) is 0.211. The van der Waals surface area contributed by atoms with Crippen molar-refractivity contribution in [3.05, 3.63) is 35.4 Å². The first-order chi connectivity index (χ1) is 7.99. The van der Waals surface area contributed by atoms with Crippen molar-refractivity contribution in [3.8, 4) is 0 Å². The predicted molar refractivity (Wildman–Crippen MR) is 61.3 cm³/mol. The molecular formula is C12H16F2N2O. The van der Waals surface area contributed by atoms with Crippen molar-refractivity contribution in [2.75, 3.05) is 6.54 Å². The molecule has 0 bridgehead atoms. The van der Waals surface area contributed by atoms with Gasteiger partial charge in [-0.2, -0.15) is 0 Å². The lowest BCUT2D eigenvalue weighted by Gasteiger charge is -2.09. The zero-order chi connectivity index (χ0) is 12.8. The Labute approximate surface area is 99.2 Å². The monoisotopic (exact) mass is 242 g/mol. The number of nitrogens with one attached hydrogen (secondary N) is 2. The minimum absolute atomic E-state index is 0.0650. The third-order valence-corrected chi connectivity index (χ3v) is 2.06. The van der Waals surface area contributed by atoms with Crippen LogP contribution in [-0.4, -0.2) is 18.5 Å². The smallest absolute Gasteiger partial charge is 0.234 e. The molecule has 1 rings (SSSR count). The van der Waals surface area contributed by atoms with Gasteiger partial charge in [-0.3, -0.25) is 4.79 Å². The second-order valence-electron chi connectivity index (χ2n) is 4.06. The maximum absolute atomic E-state index is 13.2. The molecule has 1 aromatic carbocycles. The minimum atomic E-state index is -0.491. The number of carbonyl (C=O) groups excluding carboxylic acids is 1. The van der Waals surface area contributed by atoms with Gasteiger partial charge in [0.15, 0.2) is 0 Å². The van der Waals surface area contributed by atoms with E-state index in [0.717, 1.165) is 18.2 Å². The Kier molecular flexibility index (Phi) is 5.03. The highest BCUT2D eigenvalue weighted by molar-refractivity contribution is 5.78. The Hall–Kier alpha value is -1.49. The van der Waals surface area contributed by atoms with Crippen LogP contribution in [0, 0.1) is 11.6 Å². The molecule has 0 aliphatic heterocycles. The molecule has 0 fully saturated rings. The van der Waals surface area contributed by atoms with E-state index >= 15 is 0 Å². The molecule has 0 unspecified atom stereocenters. The van der Waals surface area contributed by atoms with E-state index in [1.165, 1.54) is 0 Å². The molecule has 0 spiro atoms. The average Bonchev–Trinajstić information content (AvgIpc) is 2.22. The van der Waals surface area contributed by atoms with Crippen LogP contribution in [0.4, 0.5) is 8.78 Å². The molecule has 0 radical (unpaired) electrons. The first kappa shape index (κ1) is 13.6. The van der Waals surface area contributed by atoms with E-state index in [4.69, 9.17) is 0 Å². The van der Waals surface area contributed by atoms with Crippen molar-refractivity contribution in [1.29, 1.82) is 0 Å². The van der Waals surface area contributed by atoms with Gasteiger partial charge in [-0.25, -0.2) is 8.78 Å². The average molecular weight is 242 g/mol. The quantitative estimate of drug-likeness (QED) is 0.823. The summed E-state index contributed by atoms with van der Waals surface area (Å²) in [6, 6.07) is 3.31. The lowest BCUT2D eigenvalue weighted by atomic mass is 10.2. The van der Waals surface area contributed by atoms with E-state index in [2.05, 4.69) is 10.6 Å². The molecule has 5 heteroatoms. The third-order valence-electron chi connectivity index (χ3n) is 2.06. The summed E-state index contributed by atoms with van der Waals surface area (Å²) in [6.07, 6.45) is 0. The van der Waals surface area contributed by atoms with Gasteiger partial charge in [-0.15, -0.1) is 0 Å². The Balaban J connectivity index is 2.40. The van der Waals surface area contributed by atoms with Crippen LogP contribution in [0.15, 0.2) is 18.2 Å². The molecule has 0 aromatic heterocycles. The highest BCUT2D eigenvalue weighted by atomic mass is 19.1. The number of amides is 1. The fourth-order valence-electron chi connectivity index (χ4n) is 1.36. The summed E-state index contributed by atoms with van der Waals surface area (Å²) in [6.45, 7) is 3.90. The summed E-state index contributed by atoms with van der Waals surface area (Å²) < 4.78 is 26.0. The highest BCUT2D eigenvalue weighted by Gasteiger charge is 2.05. The first-order valence-corrected chi connectivity index (χ1v) is 5.43. The first-order valence-electron chi connectivity index (χ1n) is 5.43. The number of rotatable bonds is 5. The minimum Gasteiger partial charge on any atom is -0.353 e. The largest absolute Gasteiger partial charge is 0.353 e. The lowest BCUT2D eigenvalue weighted by Crippen LogP contribution is -2.37. The zero-order valence-corrected chi connectivity index (χ0v) is 9.89. The Morgan fingerprint density at radius 2 is 2.06 bits per heavy atom. The Bertz CT molecular complexity index is 394. The maximum atomic E-state index is 13.2. The SMILES string of the molecule is CC(C)NC(=O)CNCc1cc(F)ccc1F. The molecule has 0 atom stereocenters. The molecule has 1 amide bonds. The highest BCUT2D eigenvalue weighted by Crippen LogP contribution is 2.08. The lowest BCUT2D eigenvalue weighted by molar-refractivity contribution is -0.120. The number of carbonyl (C=O) groups is 1. The van der Waals surface area contributed by atoms with Gasteiger partial charge in [0, 0.05) is 18.2 Å². The van der Waals surface area contributed by atoms with Crippen LogP contribution in [-0.2, 0) is 11.3 Å². The van der Waals surface area contributed by atoms with Crippen LogP contribution < -0.4 is 10.6 Å². The van der Waals surface area contributed by atoms with Crippen LogP contribution in [0.1, 0.15) is 19.4 Å². The second kappa shape index (κ2) is 6.30. The van der Waals surface area contributed by atoms with Gasteiger partial charge in [0.1, 0.15) is 11.6 Å². The summed E-state index contributed by atoms with van der Waals surface area (Å²) in [5, 5.41) is 5.44. The van der Waals surface area contributed by atoms with Crippen molar-refractivity contribution >= 4 is 5.91 Å². The zero-order valence-electron chi connectivity index (χ0n) is 9.89. The van der Waals surface area contributed by atoms with Crippen LogP contribution in [0.25, 0.3) is 0 Å². The van der Waals surface area contributed by atoms with Crippen LogP contribution in [0.5, 0.6) is 0 Å². The molecule has 0 heterocycles. The molecule has 17 heavy (non-hydrogen) atoms. The molecule has 1 aromatic rings. The third kappa shape index (κ3) is 4.91. The van der Waals surface area contributed by atoms with Crippen LogP contribution in [0.3, 0.4) is 0 Å². The molecule has 0 aliphatic carbocycles. The van der Waals surface area contributed by atoms with Crippen molar-refractivity contribution in [3.63, 3.8) is 0 Å². The van der Waals surface area contributed by atoms with Gasteiger partial charge in [0.25, 0.3) is 0 Å². The molecule has 94 valence electrons. The molecule has 2 N–H and O–H groups in total. The van der Waals surface area contributed by atoms with Crippen LogP contribution in [0.2, 0.25) is 0 Å². The van der Waals surface area contributed by atoms with E-state index in [1.54, 1.807) is 0 Å². The van der Waals surface area contributed by atoms with E-state index in [1.807, 2.05) is 13.8 Å². The topological polar surface area (TPSA) is 41.1 Å². The van der Waals surface area contributed by atoms with Crippen molar-refractivity contribution in [1.82, 2.24) is 10.6 Å². The number of benzene rings is 1. The van der Waals surface area contributed by atoms with Gasteiger partial charge < -0.3 is 10.6 Å². The Morgan fingerprint density at radius 1 is 1.35 bits per heavy atom. The fraction of sp³-hybridized carbons (Fsp3) is 0.417. The van der Waals surface area contributed by atoms with E-state index in [-0.39, 0.29) is 30.6 Å². The van der Waals surface area contributed by atoms with Crippen molar-refractivity contribution in [2.24, 2.45) is 0 Å². The number of hydrogen-bond donors (Lipinski definition) is 2. The summed E-state index contributed by atoms with van der Waals surface area (Å²) in [5.74, 6) is -1.14.